The van der Waals surface area contributed by atoms with E-state index in [0.717, 1.165) is 21.3 Å². The molecule has 0 unspecified atom stereocenters. The van der Waals surface area contributed by atoms with E-state index in [1.807, 2.05) is 41.1 Å². The van der Waals surface area contributed by atoms with Gasteiger partial charge in [0.2, 0.25) is 5.91 Å². The number of carbonyl (C=O) groups is 2. The Morgan fingerprint density at radius 1 is 1.24 bits per heavy atom. The first kappa shape index (κ1) is 17.6. The summed E-state index contributed by atoms with van der Waals surface area (Å²) in [4.78, 5) is 29.0. The molecule has 0 aliphatic rings. The normalized spacial score (nSPS) is 10.8. The molecule has 0 spiro atoms. The molecule has 25 heavy (non-hydrogen) atoms. The van der Waals surface area contributed by atoms with E-state index >= 15 is 0 Å². The average molecular weight is 371 g/mol. The third-order valence-electron chi connectivity index (χ3n) is 3.57. The van der Waals surface area contributed by atoms with E-state index < -0.39 is 0 Å². The van der Waals surface area contributed by atoms with Crippen LogP contribution >= 0.6 is 23.5 Å². The van der Waals surface area contributed by atoms with Gasteiger partial charge in [0, 0.05) is 23.6 Å². The highest BCUT2D eigenvalue weighted by Gasteiger charge is 2.12. The van der Waals surface area contributed by atoms with Crippen LogP contribution in [0.15, 0.2) is 58.8 Å². The first-order valence-corrected chi connectivity index (χ1v) is 9.83. The third kappa shape index (κ3) is 4.05. The third-order valence-corrected chi connectivity index (χ3v) is 5.32. The fourth-order valence-electron chi connectivity index (χ4n) is 2.40. The second-order valence-electron chi connectivity index (χ2n) is 5.34. The summed E-state index contributed by atoms with van der Waals surface area (Å²) < 4.78 is 1.96. The fraction of sp³-hybridized carbons (Fsp3) is 0.167. The highest BCUT2D eigenvalue weighted by molar-refractivity contribution is 7.99. The molecule has 1 amide bonds. The minimum absolute atomic E-state index is 0.0300. The van der Waals surface area contributed by atoms with Crippen LogP contribution in [0.5, 0.6) is 0 Å². The molecule has 0 fully saturated rings. The minimum atomic E-state index is -0.129. The summed E-state index contributed by atoms with van der Waals surface area (Å²) in [7, 11) is 0. The molecule has 1 aromatic carbocycles. The minimum Gasteiger partial charge on any atom is -0.325 e. The number of aromatic nitrogens is 2. The number of Topliss-reactive ketones (excluding diaryl/α,β-unsaturated/α-hetero) is 1. The molecule has 7 heteroatoms. The van der Waals surface area contributed by atoms with Gasteiger partial charge in [-0.25, -0.2) is 4.98 Å². The zero-order chi connectivity index (χ0) is 17.8. The summed E-state index contributed by atoms with van der Waals surface area (Å²) in [5.41, 5.74) is 2.36. The quantitative estimate of drug-likeness (QED) is 0.524. The number of imidazole rings is 1. The van der Waals surface area contributed by atoms with Gasteiger partial charge in [-0.1, -0.05) is 17.8 Å². The molecule has 0 radical (unpaired) electrons. The van der Waals surface area contributed by atoms with Crippen LogP contribution < -0.4 is 5.32 Å². The molecule has 0 aliphatic heterocycles. The molecule has 1 N–H and O–H groups in total. The van der Waals surface area contributed by atoms with Crippen LogP contribution in [0.1, 0.15) is 17.3 Å². The largest absolute Gasteiger partial charge is 0.325 e. The highest BCUT2D eigenvalue weighted by atomic mass is 32.2. The molecule has 0 bridgehead atoms. The summed E-state index contributed by atoms with van der Waals surface area (Å²) in [5.74, 6) is 0.208. The summed E-state index contributed by atoms with van der Waals surface area (Å²) in [6.45, 7) is 1.47. The van der Waals surface area contributed by atoms with E-state index in [-0.39, 0.29) is 11.7 Å². The van der Waals surface area contributed by atoms with E-state index in [9.17, 15) is 9.59 Å². The Hall–Kier alpha value is -2.25. The first-order chi connectivity index (χ1) is 12.1. The van der Waals surface area contributed by atoms with E-state index in [4.69, 9.17) is 0 Å². The molecule has 2 heterocycles. The van der Waals surface area contributed by atoms with Crippen molar-refractivity contribution in [3.8, 4) is 0 Å². The number of rotatable bonds is 6. The van der Waals surface area contributed by atoms with Crippen LogP contribution in [-0.4, -0.2) is 33.1 Å². The molecule has 3 rings (SSSR count). The molecule has 2 aromatic heterocycles. The Labute approximate surface area is 154 Å². The van der Waals surface area contributed by atoms with Crippen molar-refractivity contribution < 1.29 is 9.59 Å². The van der Waals surface area contributed by atoms with Gasteiger partial charge in [-0.15, -0.1) is 11.8 Å². The van der Waals surface area contributed by atoms with Gasteiger partial charge in [0.1, 0.15) is 0 Å². The van der Waals surface area contributed by atoms with E-state index in [1.165, 1.54) is 30.4 Å². The molecule has 5 nitrogen and oxygen atoms in total. The Morgan fingerprint density at radius 2 is 2.08 bits per heavy atom. The van der Waals surface area contributed by atoms with Gasteiger partial charge < -0.3 is 5.32 Å². The van der Waals surface area contributed by atoms with Crippen LogP contribution in [0.3, 0.4) is 0 Å². The van der Waals surface area contributed by atoms with Crippen molar-refractivity contribution in [1.29, 1.82) is 0 Å². The van der Waals surface area contributed by atoms with Gasteiger partial charge in [0.05, 0.1) is 23.2 Å². The lowest BCUT2D eigenvalue weighted by molar-refractivity contribution is -0.114. The number of fused-ring (bicyclic) bond motifs is 1. The fourth-order valence-corrected chi connectivity index (χ4v) is 3.84. The van der Waals surface area contributed by atoms with Crippen LogP contribution in [0.4, 0.5) is 5.69 Å². The summed E-state index contributed by atoms with van der Waals surface area (Å²) in [5, 5.41) is 3.57. The first-order valence-electron chi connectivity index (χ1n) is 7.62. The lowest BCUT2D eigenvalue weighted by Crippen LogP contribution is -2.08. The van der Waals surface area contributed by atoms with Crippen molar-refractivity contribution in [2.75, 3.05) is 17.3 Å². The number of ketones is 1. The zero-order valence-corrected chi connectivity index (χ0v) is 15.5. The smallest absolute Gasteiger partial charge is 0.221 e. The molecule has 0 atom stereocenters. The number of hydrogen-bond donors (Lipinski definition) is 1. The van der Waals surface area contributed by atoms with Crippen molar-refractivity contribution in [1.82, 2.24) is 9.38 Å². The molecule has 3 aromatic rings. The number of hydrogen-bond acceptors (Lipinski definition) is 5. The predicted octanol–water partition coefficient (Wildman–Crippen LogP) is 3.99. The zero-order valence-electron chi connectivity index (χ0n) is 13.9. The Kier molecular flexibility index (Phi) is 5.45. The number of amides is 1. The van der Waals surface area contributed by atoms with E-state index in [0.29, 0.717) is 11.3 Å². The maximum absolute atomic E-state index is 12.5. The Balaban J connectivity index is 1.73. The SMILES string of the molecule is CSc1cc(C(=O)CSc2ncc3ccccn23)ccc1NC(C)=O. The number of thioether (sulfide) groups is 2. The maximum Gasteiger partial charge on any atom is 0.221 e. The highest BCUT2D eigenvalue weighted by Crippen LogP contribution is 2.28. The average Bonchev–Trinajstić information content (AvgIpc) is 3.02. The number of benzene rings is 1. The standard InChI is InChI=1S/C18H17N3O2S2/c1-12(22)20-15-7-6-13(9-17(15)24-2)16(23)11-25-18-19-10-14-5-3-4-8-21(14)18/h3-10H,11H2,1-2H3,(H,20,22). The van der Waals surface area contributed by atoms with Gasteiger partial charge in [-0.2, -0.15) is 0 Å². The van der Waals surface area contributed by atoms with E-state index in [2.05, 4.69) is 10.3 Å². The molecule has 0 saturated carbocycles. The predicted molar refractivity (Wildman–Crippen MR) is 103 cm³/mol. The number of nitrogens with one attached hydrogen (secondary N) is 1. The maximum atomic E-state index is 12.5. The van der Waals surface area contributed by atoms with Gasteiger partial charge in [-0.05, 0) is 36.6 Å². The summed E-state index contributed by atoms with van der Waals surface area (Å²) in [6.07, 6.45) is 5.64. The monoisotopic (exact) mass is 371 g/mol. The summed E-state index contributed by atoms with van der Waals surface area (Å²) >= 11 is 2.91. The van der Waals surface area contributed by atoms with Gasteiger partial charge in [0.25, 0.3) is 0 Å². The number of pyridine rings is 1. The number of carbonyl (C=O) groups excluding carboxylic acids is 2. The molecular formula is C18H17N3O2S2. The van der Waals surface area contributed by atoms with Crippen LogP contribution in [0, 0.1) is 0 Å². The van der Waals surface area contributed by atoms with Gasteiger partial charge in [0.15, 0.2) is 10.9 Å². The lowest BCUT2D eigenvalue weighted by Gasteiger charge is -2.09. The second-order valence-corrected chi connectivity index (χ2v) is 7.13. The van der Waals surface area contributed by atoms with Gasteiger partial charge in [-0.3, -0.25) is 14.0 Å². The van der Waals surface area contributed by atoms with Crippen molar-refractivity contribution in [2.24, 2.45) is 0 Å². The van der Waals surface area contributed by atoms with E-state index in [1.54, 1.807) is 18.3 Å². The Bertz CT molecular complexity index is 937. The topological polar surface area (TPSA) is 63.5 Å². The number of nitrogens with zero attached hydrogens (tertiary/aromatic N) is 2. The second kappa shape index (κ2) is 7.76. The molecule has 128 valence electrons. The van der Waals surface area contributed by atoms with Crippen LogP contribution in [0.25, 0.3) is 5.52 Å². The van der Waals surface area contributed by atoms with Crippen LogP contribution in [-0.2, 0) is 4.79 Å². The van der Waals surface area contributed by atoms with Crippen molar-refractivity contribution in [3.05, 3.63) is 54.4 Å². The van der Waals surface area contributed by atoms with Crippen molar-refractivity contribution in [3.63, 3.8) is 0 Å². The van der Waals surface area contributed by atoms with Gasteiger partial charge >= 0.3 is 0 Å². The van der Waals surface area contributed by atoms with Crippen molar-refractivity contribution >= 4 is 46.4 Å². The summed E-state index contributed by atoms with van der Waals surface area (Å²) in [6, 6.07) is 11.2. The molecule has 0 aliphatic carbocycles. The molecular weight excluding hydrogens is 354 g/mol. The van der Waals surface area contributed by atoms with Crippen LogP contribution in [0.2, 0.25) is 0 Å². The Morgan fingerprint density at radius 3 is 2.84 bits per heavy atom. The molecule has 0 saturated heterocycles. The van der Waals surface area contributed by atoms with Crippen molar-refractivity contribution in [2.45, 2.75) is 17.0 Å². The number of anilines is 1. The lowest BCUT2D eigenvalue weighted by atomic mass is 10.1.